The van der Waals surface area contributed by atoms with Crippen molar-refractivity contribution in [1.29, 1.82) is 5.41 Å². The Kier molecular flexibility index (Phi) is 6.44. The molecule has 0 heterocycles. The molecule has 1 aromatic carbocycles. The number of nitrogen functional groups attached to an aromatic ring is 1. The van der Waals surface area contributed by atoms with E-state index >= 15 is 0 Å². The van der Waals surface area contributed by atoms with Gasteiger partial charge < -0.3 is 10.5 Å². The monoisotopic (exact) mass is 230 g/mol. The summed E-state index contributed by atoms with van der Waals surface area (Å²) >= 11 is 5.80. The van der Waals surface area contributed by atoms with Gasteiger partial charge in [-0.3, -0.25) is 16.7 Å². The maximum atomic E-state index is 7.14. The molecule has 0 aromatic heterocycles. The number of amidine groups is 1. The van der Waals surface area contributed by atoms with Crippen LogP contribution in [0.25, 0.3) is 0 Å². The van der Waals surface area contributed by atoms with Crippen LogP contribution in [0.2, 0.25) is 5.02 Å². The third-order valence-corrected chi connectivity index (χ3v) is 1.76. The fraction of sp³-hybridized carbons (Fsp3) is 0.222. The summed E-state index contributed by atoms with van der Waals surface area (Å²) in [6, 6.07) is 4.97. The molecule has 0 atom stereocenters. The first-order valence-corrected chi connectivity index (χ1v) is 4.49. The van der Waals surface area contributed by atoms with Gasteiger partial charge in [-0.1, -0.05) is 11.6 Å². The predicted molar refractivity (Wildman–Crippen MR) is 62.3 cm³/mol. The largest absolute Gasteiger partial charge is 0.495 e. The minimum absolute atomic E-state index is 0.000414. The van der Waals surface area contributed by atoms with Crippen LogP contribution < -0.4 is 21.7 Å². The van der Waals surface area contributed by atoms with E-state index < -0.39 is 0 Å². The number of nitrogens with two attached hydrogens (primary N) is 2. The Morgan fingerprint density at radius 1 is 1.53 bits per heavy atom. The molecule has 0 bridgehead atoms. The molecule has 15 heavy (non-hydrogen) atoms. The average Bonchev–Trinajstić information content (AvgIpc) is 2.18. The van der Waals surface area contributed by atoms with Gasteiger partial charge in [0.25, 0.3) is 0 Å². The van der Waals surface area contributed by atoms with Crippen LogP contribution in [0.5, 0.6) is 5.75 Å². The second kappa shape index (κ2) is 7.05. The number of ether oxygens (including phenoxy) is 1. The first-order valence-electron chi connectivity index (χ1n) is 4.12. The highest BCUT2D eigenvalue weighted by Crippen LogP contribution is 2.24. The van der Waals surface area contributed by atoms with E-state index in [0.29, 0.717) is 16.3 Å². The van der Waals surface area contributed by atoms with E-state index in [-0.39, 0.29) is 5.84 Å². The summed E-state index contributed by atoms with van der Waals surface area (Å²) in [5.41, 5.74) is 8.11. The summed E-state index contributed by atoms with van der Waals surface area (Å²) in [6.07, 6.45) is 0. The SMILES string of the molecule is CNN.COc1ccc(C(=N)N)cc1Cl. The van der Waals surface area contributed by atoms with Gasteiger partial charge in [-0.25, -0.2) is 0 Å². The molecule has 0 aliphatic rings. The van der Waals surface area contributed by atoms with Crippen LogP contribution in [0.15, 0.2) is 18.2 Å². The summed E-state index contributed by atoms with van der Waals surface area (Å²) in [6.45, 7) is 0. The van der Waals surface area contributed by atoms with Crippen molar-refractivity contribution in [3.8, 4) is 5.75 Å². The first kappa shape index (κ1) is 13.7. The van der Waals surface area contributed by atoms with Crippen molar-refractivity contribution in [1.82, 2.24) is 5.43 Å². The molecular weight excluding hydrogens is 216 g/mol. The van der Waals surface area contributed by atoms with Crippen LogP contribution >= 0.6 is 11.6 Å². The standard InChI is InChI=1S/C8H9ClN2O.CH6N2/c1-12-7-3-2-5(8(10)11)4-6(7)9;1-3-2/h2-4H,1H3,(H3,10,11);3H,2H2,1H3. The Hall–Kier alpha value is -1.30. The molecule has 0 unspecified atom stereocenters. The lowest BCUT2D eigenvalue weighted by atomic mass is 10.2. The summed E-state index contributed by atoms with van der Waals surface area (Å²) in [5.74, 6) is 5.18. The number of hydrogen-bond donors (Lipinski definition) is 4. The fourth-order valence-corrected chi connectivity index (χ4v) is 1.09. The smallest absolute Gasteiger partial charge is 0.137 e. The normalized spacial score (nSPS) is 8.80. The molecule has 0 saturated carbocycles. The van der Waals surface area contributed by atoms with E-state index in [9.17, 15) is 0 Å². The van der Waals surface area contributed by atoms with Crippen molar-refractivity contribution < 1.29 is 4.74 Å². The molecule has 84 valence electrons. The summed E-state index contributed by atoms with van der Waals surface area (Å²) in [4.78, 5) is 0. The van der Waals surface area contributed by atoms with Gasteiger partial charge in [-0.05, 0) is 25.2 Å². The Labute approximate surface area is 93.8 Å². The Bertz CT molecular complexity index is 330. The van der Waals surface area contributed by atoms with Gasteiger partial charge in [0.05, 0.1) is 12.1 Å². The van der Waals surface area contributed by atoms with E-state index in [2.05, 4.69) is 11.3 Å². The zero-order chi connectivity index (χ0) is 11.8. The van der Waals surface area contributed by atoms with Crippen LogP contribution in [-0.4, -0.2) is 20.0 Å². The number of halogens is 1. The van der Waals surface area contributed by atoms with Gasteiger partial charge in [-0.2, -0.15) is 0 Å². The second-order valence-electron chi connectivity index (χ2n) is 2.55. The number of hydrazine groups is 1. The van der Waals surface area contributed by atoms with E-state index in [1.165, 1.54) is 7.11 Å². The second-order valence-corrected chi connectivity index (χ2v) is 2.96. The lowest BCUT2D eigenvalue weighted by Gasteiger charge is -2.03. The van der Waals surface area contributed by atoms with E-state index in [1.54, 1.807) is 25.2 Å². The van der Waals surface area contributed by atoms with Gasteiger partial charge in [0, 0.05) is 5.56 Å². The maximum absolute atomic E-state index is 7.14. The maximum Gasteiger partial charge on any atom is 0.137 e. The van der Waals surface area contributed by atoms with E-state index in [1.807, 2.05) is 0 Å². The Morgan fingerprint density at radius 3 is 2.40 bits per heavy atom. The highest BCUT2D eigenvalue weighted by Gasteiger charge is 2.02. The third kappa shape index (κ3) is 4.64. The highest BCUT2D eigenvalue weighted by molar-refractivity contribution is 6.32. The van der Waals surface area contributed by atoms with Crippen molar-refractivity contribution >= 4 is 17.4 Å². The molecule has 0 spiro atoms. The quantitative estimate of drug-likeness (QED) is 0.260. The molecule has 0 fully saturated rings. The van der Waals surface area contributed by atoms with E-state index in [4.69, 9.17) is 27.5 Å². The van der Waals surface area contributed by atoms with Crippen LogP contribution in [0.1, 0.15) is 5.56 Å². The average molecular weight is 231 g/mol. The molecular formula is C9H15ClN4O. The lowest BCUT2D eigenvalue weighted by Crippen LogP contribution is -2.13. The molecule has 6 N–H and O–H groups in total. The zero-order valence-electron chi connectivity index (χ0n) is 8.67. The van der Waals surface area contributed by atoms with Crippen molar-refractivity contribution in [3.05, 3.63) is 28.8 Å². The van der Waals surface area contributed by atoms with Gasteiger partial charge in [0.1, 0.15) is 11.6 Å². The lowest BCUT2D eigenvalue weighted by molar-refractivity contribution is 0.415. The van der Waals surface area contributed by atoms with E-state index in [0.717, 1.165) is 0 Å². The number of hydrogen-bond acceptors (Lipinski definition) is 4. The van der Waals surface area contributed by atoms with Gasteiger partial charge in [0.15, 0.2) is 0 Å². The molecule has 1 aromatic rings. The molecule has 0 aliphatic heterocycles. The van der Waals surface area contributed by atoms with Gasteiger partial charge in [-0.15, -0.1) is 0 Å². The van der Waals surface area contributed by atoms with Crippen LogP contribution in [0.4, 0.5) is 0 Å². The highest BCUT2D eigenvalue weighted by atomic mass is 35.5. The minimum atomic E-state index is -0.000414. The summed E-state index contributed by atoms with van der Waals surface area (Å²) in [7, 11) is 3.19. The van der Waals surface area contributed by atoms with Crippen molar-refractivity contribution in [2.75, 3.05) is 14.2 Å². The zero-order valence-corrected chi connectivity index (χ0v) is 9.43. The number of benzene rings is 1. The molecule has 0 saturated heterocycles. The van der Waals surface area contributed by atoms with Crippen LogP contribution in [0.3, 0.4) is 0 Å². The Morgan fingerprint density at radius 2 is 2.07 bits per heavy atom. The van der Waals surface area contributed by atoms with Gasteiger partial charge >= 0.3 is 0 Å². The van der Waals surface area contributed by atoms with Crippen LogP contribution in [-0.2, 0) is 0 Å². The molecule has 5 nitrogen and oxygen atoms in total. The third-order valence-electron chi connectivity index (χ3n) is 1.46. The summed E-state index contributed by atoms with van der Waals surface area (Å²) < 4.78 is 4.94. The summed E-state index contributed by atoms with van der Waals surface area (Å²) in [5, 5.41) is 7.60. The van der Waals surface area contributed by atoms with Crippen LogP contribution in [0, 0.1) is 5.41 Å². The van der Waals surface area contributed by atoms with Gasteiger partial charge in [0.2, 0.25) is 0 Å². The topological polar surface area (TPSA) is 97.1 Å². The van der Waals surface area contributed by atoms with Crippen molar-refractivity contribution in [2.24, 2.45) is 11.6 Å². The van der Waals surface area contributed by atoms with Crippen molar-refractivity contribution in [3.63, 3.8) is 0 Å². The predicted octanol–water partition coefficient (Wildman–Crippen LogP) is 0.712. The molecule has 0 aliphatic carbocycles. The Balaban J connectivity index is 0.000000583. The number of rotatable bonds is 2. The molecule has 1 rings (SSSR count). The molecule has 6 heteroatoms. The number of nitrogens with one attached hydrogen (secondary N) is 2. The first-order chi connectivity index (χ1) is 7.06. The molecule has 0 radical (unpaired) electrons. The van der Waals surface area contributed by atoms with Crippen molar-refractivity contribution in [2.45, 2.75) is 0 Å². The minimum Gasteiger partial charge on any atom is -0.495 e. The number of methoxy groups -OCH3 is 1. The fourth-order valence-electron chi connectivity index (χ4n) is 0.834. The molecule has 0 amide bonds.